The molecule has 2 aromatic carbocycles. The molecule has 4 aromatic rings. The molecular weight excluding hydrogens is 479 g/mol. The zero-order chi connectivity index (χ0) is 22.0. The molecule has 0 bridgehead atoms. The number of thiazole rings is 1. The van der Waals surface area contributed by atoms with Crippen molar-refractivity contribution >= 4 is 67.4 Å². The van der Waals surface area contributed by atoms with Crippen molar-refractivity contribution in [2.45, 2.75) is 13.0 Å². The number of halogens is 3. The van der Waals surface area contributed by atoms with Crippen LogP contribution in [0.4, 0.5) is 5.13 Å². The minimum Gasteiger partial charge on any atom is -0.494 e. The molecule has 0 fully saturated rings. The summed E-state index contributed by atoms with van der Waals surface area (Å²) in [5.74, 6) is 0.332. The number of fused-ring (bicyclic) bond motifs is 1. The maximum atomic E-state index is 13.5. The van der Waals surface area contributed by atoms with Gasteiger partial charge in [0.05, 0.1) is 33.7 Å². The first kappa shape index (κ1) is 21.9. The second-order valence-corrected chi connectivity index (χ2v) is 8.89. The molecule has 0 aliphatic rings. The van der Waals surface area contributed by atoms with Crippen LogP contribution in [0.2, 0.25) is 15.1 Å². The summed E-state index contributed by atoms with van der Waals surface area (Å²) < 4.78 is 8.13. The van der Waals surface area contributed by atoms with Crippen molar-refractivity contribution in [3.63, 3.8) is 0 Å². The Morgan fingerprint density at radius 2 is 2.03 bits per heavy atom. The van der Waals surface area contributed by atoms with Crippen LogP contribution in [0.1, 0.15) is 16.8 Å². The monoisotopic (exact) mass is 494 g/mol. The second-order valence-electron chi connectivity index (χ2n) is 6.66. The van der Waals surface area contributed by atoms with Crippen molar-refractivity contribution in [2.75, 3.05) is 18.6 Å². The Morgan fingerprint density at radius 1 is 1.19 bits per heavy atom. The molecule has 0 N–H and O–H groups in total. The molecule has 0 saturated heterocycles. The van der Waals surface area contributed by atoms with Crippen molar-refractivity contribution in [1.82, 2.24) is 14.5 Å². The molecule has 0 aliphatic carbocycles. The van der Waals surface area contributed by atoms with Crippen molar-refractivity contribution in [2.24, 2.45) is 0 Å². The number of imidazole rings is 1. The lowest BCUT2D eigenvalue weighted by Gasteiger charge is -2.20. The second kappa shape index (κ2) is 9.44. The lowest BCUT2D eigenvalue weighted by Crippen LogP contribution is -2.32. The summed E-state index contributed by atoms with van der Waals surface area (Å²) >= 11 is 20.0. The Bertz CT molecular complexity index is 1230. The van der Waals surface area contributed by atoms with Crippen LogP contribution in [0.3, 0.4) is 0 Å². The van der Waals surface area contributed by atoms with Crippen LogP contribution in [-0.4, -0.2) is 34.1 Å². The van der Waals surface area contributed by atoms with E-state index < -0.39 is 0 Å². The Balaban J connectivity index is 1.71. The Labute approximate surface area is 197 Å². The largest absolute Gasteiger partial charge is 0.494 e. The van der Waals surface area contributed by atoms with Gasteiger partial charge in [-0.25, -0.2) is 9.97 Å². The van der Waals surface area contributed by atoms with E-state index >= 15 is 0 Å². The van der Waals surface area contributed by atoms with Crippen LogP contribution in [0.25, 0.3) is 10.2 Å². The van der Waals surface area contributed by atoms with Gasteiger partial charge >= 0.3 is 0 Å². The first-order chi connectivity index (χ1) is 15.0. The van der Waals surface area contributed by atoms with Gasteiger partial charge < -0.3 is 9.30 Å². The molecule has 6 nitrogen and oxygen atoms in total. The quantitative estimate of drug-likeness (QED) is 0.306. The number of ether oxygens (including phenoxy) is 1. The fourth-order valence-electron chi connectivity index (χ4n) is 3.14. The number of hydrogen-bond acceptors (Lipinski definition) is 5. The van der Waals surface area contributed by atoms with E-state index in [-0.39, 0.29) is 10.9 Å². The molecular formula is C21H17Cl3N4O2S. The number of aryl methyl sites for hydroxylation is 1. The van der Waals surface area contributed by atoms with Crippen molar-refractivity contribution in [3.8, 4) is 5.75 Å². The number of benzene rings is 2. The molecule has 0 radical (unpaired) electrons. The number of carbonyl (C=O) groups excluding carboxylic acids is 1. The molecule has 2 heterocycles. The summed E-state index contributed by atoms with van der Waals surface area (Å²) in [4.78, 5) is 23.8. The van der Waals surface area contributed by atoms with Crippen molar-refractivity contribution in [3.05, 3.63) is 69.7 Å². The van der Waals surface area contributed by atoms with E-state index in [9.17, 15) is 4.79 Å². The van der Waals surface area contributed by atoms with Crippen LogP contribution in [-0.2, 0) is 6.54 Å². The van der Waals surface area contributed by atoms with Crippen LogP contribution in [0, 0.1) is 0 Å². The Hall–Kier alpha value is -2.32. The fraction of sp³-hybridized carbons (Fsp3) is 0.190. The third-order valence-corrected chi connectivity index (χ3v) is 6.75. The van der Waals surface area contributed by atoms with E-state index in [1.54, 1.807) is 54.9 Å². The molecule has 0 aliphatic heterocycles. The van der Waals surface area contributed by atoms with E-state index in [0.717, 1.165) is 4.70 Å². The van der Waals surface area contributed by atoms with Gasteiger partial charge in [-0.1, -0.05) is 46.1 Å². The van der Waals surface area contributed by atoms with Gasteiger partial charge in [-0.3, -0.25) is 9.69 Å². The minimum absolute atomic E-state index is 0.263. The molecule has 31 heavy (non-hydrogen) atoms. The summed E-state index contributed by atoms with van der Waals surface area (Å²) in [7, 11) is 1.57. The number of anilines is 1. The number of rotatable bonds is 7. The van der Waals surface area contributed by atoms with Gasteiger partial charge in [0.2, 0.25) is 0 Å². The number of amides is 1. The number of hydrogen-bond donors (Lipinski definition) is 0. The van der Waals surface area contributed by atoms with Gasteiger partial charge in [-0.15, -0.1) is 0 Å². The van der Waals surface area contributed by atoms with E-state index in [4.69, 9.17) is 39.5 Å². The van der Waals surface area contributed by atoms with E-state index in [1.165, 1.54) is 11.3 Å². The highest BCUT2D eigenvalue weighted by molar-refractivity contribution is 7.23. The topological polar surface area (TPSA) is 60.2 Å². The first-order valence-electron chi connectivity index (χ1n) is 9.33. The van der Waals surface area contributed by atoms with E-state index in [2.05, 4.69) is 9.97 Å². The zero-order valence-corrected chi connectivity index (χ0v) is 19.5. The number of aromatic nitrogens is 3. The Kier molecular flexibility index (Phi) is 6.67. The average Bonchev–Trinajstić information content (AvgIpc) is 3.42. The summed E-state index contributed by atoms with van der Waals surface area (Å²) in [5.41, 5.74) is 0.968. The highest BCUT2D eigenvalue weighted by atomic mass is 35.5. The number of nitrogens with zero attached hydrogens (tertiary/aromatic N) is 4. The van der Waals surface area contributed by atoms with Crippen LogP contribution < -0.4 is 9.64 Å². The molecule has 10 heteroatoms. The van der Waals surface area contributed by atoms with Crippen LogP contribution >= 0.6 is 46.1 Å². The average molecular weight is 496 g/mol. The first-order valence-corrected chi connectivity index (χ1v) is 11.3. The van der Waals surface area contributed by atoms with E-state index in [1.807, 2.05) is 10.8 Å². The van der Waals surface area contributed by atoms with E-state index in [0.29, 0.717) is 51.5 Å². The van der Waals surface area contributed by atoms with Crippen LogP contribution in [0.15, 0.2) is 49.1 Å². The molecule has 1 amide bonds. The highest BCUT2D eigenvalue weighted by Crippen LogP contribution is 2.39. The maximum Gasteiger partial charge on any atom is 0.261 e. The molecule has 0 unspecified atom stereocenters. The molecule has 160 valence electrons. The van der Waals surface area contributed by atoms with Crippen LogP contribution in [0.5, 0.6) is 5.75 Å². The lowest BCUT2D eigenvalue weighted by atomic mass is 10.2. The Morgan fingerprint density at radius 3 is 2.74 bits per heavy atom. The molecule has 2 aromatic heterocycles. The normalized spacial score (nSPS) is 11.1. The lowest BCUT2D eigenvalue weighted by molar-refractivity contribution is 0.0986. The van der Waals surface area contributed by atoms with Gasteiger partial charge in [0, 0.05) is 30.5 Å². The van der Waals surface area contributed by atoms with Gasteiger partial charge in [-0.05, 0) is 36.8 Å². The van der Waals surface area contributed by atoms with Gasteiger partial charge in [0.15, 0.2) is 5.13 Å². The summed E-state index contributed by atoms with van der Waals surface area (Å²) in [6.07, 6.45) is 6.03. The fourth-order valence-corrected chi connectivity index (χ4v) is 4.91. The molecule has 0 atom stereocenters. The molecule has 4 rings (SSSR count). The summed E-state index contributed by atoms with van der Waals surface area (Å²) in [5, 5.41) is 1.82. The highest BCUT2D eigenvalue weighted by Gasteiger charge is 2.24. The zero-order valence-electron chi connectivity index (χ0n) is 16.4. The number of carbonyl (C=O) groups is 1. The summed E-state index contributed by atoms with van der Waals surface area (Å²) in [6.45, 7) is 1.13. The number of methoxy groups -OCH3 is 1. The predicted octanol–water partition coefficient (Wildman–Crippen LogP) is 6.20. The molecule has 0 saturated carbocycles. The molecule has 0 spiro atoms. The third-order valence-electron chi connectivity index (χ3n) is 4.66. The van der Waals surface area contributed by atoms with Crippen molar-refractivity contribution in [1.29, 1.82) is 0 Å². The maximum absolute atomic E-state index is 13.5. The van der Waals surface area contributed by atoms with Gasteiger partial charge in [-0.2, -0.15) is 0 Å². The van der Waals surface area contributed by atoms with Crippen molar-refractivity contribution < 1.29 is 9.53 Å². The summed E-state index contributed by atoms with van der Waals surface area (Å²) in [6, 6.07) is 8.33. The predicted molar refractivity (Wildman–Crippen MR) is 126 cm³/mol. The van der Waals surface area contributed by atoms with Gasteiger partial charge in [0.1, 0.15) is 11.3 Å². The SMILES string of the molecule is COc1ccc(Cl)c2sc(N(CCCn3ccnc3)C(=O)c3ccc(Cl)cc3Cl)nc12. The minimum atomic E-state index is -0.263. The smallest absolute Gasteiger partial charge is 0.261 e. The van der Waals surface area contributed by atoms with Gasteiger partial charge in [0.25, 0.3) is 5.91 Å². The third kappa shape index (κ3) is 4.65. The standard InChI is InChI=1S/C21H17Cl3N4O2S/c1-30-17-6-5-15(23)19-18(17)26-21(31-19)28(9-2-8-27-10-7-25-12-27)20(29)14-4-3-13(22)11-16(14)24/h3-7,10-12H,2,8-9H2,1H3.